The summed E-state index contributed by atoms with van der Waals surface area (Å²) < 4.78 is 5.18. The zero-order valence-electron chi connectivity index (χ0n) is 10.6. The second-order valence-electron chi connectivity index (χ2n) is 4.80. The summed E-state index contributed by atoms with van der Waals surface area (Å²) in [6.07, 6.45) is 0. The first kappa shape index (κ1) is 13.0. The van der Waals surface area contributed by atoms with Crippen molar-refractivity contribution in [3.8, 4) is 0 Å². The Morgan fingerprint density at radius 3 is 2.56 bits per heavy atom. The summed E-state index contributed by atoms with van der Waals surface area (Å²) >= 11 is 0. The van der Waals surface area contributed by atoms with E-state index >= 15 is 0 Å². The van der Waals surface area contributed by atoms with E-state index in [4.69, 9.17) is 9.84 Å². The van der Waals surface area contributed by atoms with Crippen LogP contribution in [0.15, 0.2) is 11.1 Å². The normalized spacial score (nSPS) is 26.7. The topological polar surface area (TPSA) is 78.9 Å². The van der Waals surface area contributed by atoms with Gasteiger partial charge in [-0.1, -0.05) is 0 Å². The van der Waals surface area contributed by atoms with E-state index in [-0.39, 0.29) is 18.6 Å². The summed E-state index contributed by atoms with van der Waals surface area (Å²) in [5.41, 5.74) is 1.81. The Morgan fingerprint density at radius 1 is 1.39 bits per heavy atom. The summed E-state index contributed by atoms with van der Waals surface area (Å²) in [7, 11) is 1.65. The summed E-state index contributed by atoms with van der Waals surface area (Å²) in [6.45, 7) is 3.75. The van der Waals surface area contributed by atoms with Crippen LogP contribution in [0.4, 0.5) is 0 Å². The average Bonchev–Trinajstić information content (AvgIpc) is 2.73. The molecule has 2 N–H and O–H groups in total. The van der Waals surface area contributed by atoms with Crippen LogP contribution in [0, 0.1) is 5.92 Å². The third kappa shape index (κ3) is 2.26. The van der Waals surface area contributed by atoms with Crippen LogP contribution < -0.4 is 5.32 Å². The van der Waals surface area contributed by atoms with E-state index in [1.165, 1.54) is 4.90 Å². The Kier molecular flexibility index (Phi) is 3.68. The number of rotatable bonds is 3. The van der Waals surface area contributed by atoms with Crippen molar-refractivity contribution in [1.82, 2.24) is 10.2 Å². The highest BCUT2D eigenvalue weighted by Crippen LogP contribution is 2.21. The molecule has 1 amide bonds. The van der Waals surface area contributed by atoms with Gasteiger partial charge in [0.2, 0.25) is 5.91 Å². The number of hydrogen-bond donors (Lipinski definition) is 2. The van der Waals surface area contributed by atoms with Gasteiger partial charge < -0.3 is 20.1 Å². The molecular formula is C12H18N2O4. The minimum absolute atomic E-state index is 0.103. The van der Waals surface area contributed by atoms with E-state index in [9.17, 15) is 9.59 Å². The molecule has 0 aliphatic carbocycles. The average molecular weight is 254 g/mol. The second-order valence-corrected chi connectivity index (χ2v) is 4.80. The lowest BCUT2D eigenvalue weighted by Crippen LogP contribution is -2.46. The molecule has 0 aromatic rings. The molecule has 2 aliphatic heterocycles. The zero-order valence-corrected chi connectivity index (χ0v) is 10.6. The third-order valence-electron chi connectivity index (χ3n) is 3.71. The van der Waals surface area contributed by atoms with E-state index in [2.05, 4.69) is 5.32 Å². The van der Waals surface area contributed by atoms with Gasteiger partial charge in [0.25, 0.3) is 0 Å². The maximum Gasteiger partial charge on any atom is 0.311 e. The quantitative estimate of drug-likeness (QED) is 0.662. The van der Waals surface area contributed by atoms with E-state index in [0.717, 1.165) is 18.7 Å². The van der Waals surface area contributed by atoms with Gasteiger partial charge in [-0.2, -0.15) is 0 Å². The van der Waals surface area contributed by atoms with Crippen LogP contribution >= 0.6 is 0 Å². The van der Waals surface area contributed by atoms with Gasteiger partial charge >= 0.3 is 5.97 Å². The third-order valence-corrected chi connectivity index (χ3v) is 3.71. The summed E-state index contributed by atoms with van der Waals surface area (Å²) in [5, 5.41) is 12.2. The number of amides is 1. The molecule has 0 spiro atoms. The van der Waals surface area contributed by atoms with Crippen molar-refractivity contribution >= 4 is 11.9 Å². The molecule has 0 radical (unpaired) electrons. The predicted molar refractivity (Wildman–Crippen MR) is 64.1 cm³/mol. The molecular weight excluding hydrogens is 236 g/mol. The highest BCUT2D eigenvalue weighted by atomic mass is 16.5. The minimum Gasteiger partial charge on any atom is -0.481 e. The van der Waals surface area contributed by atoms with Gasteiger partial charge in [0.1, 0.15) is 5.92 Å². The first-order valence-electron chi connectivity index (χ1n) is 5.99. The van der Waals surface area contributed by atoms with E-state index in [1.54, 1.807) is 14.0 Å². The zero-order chi connectivity index (χ0) is 13.3. The van der Waals surface area contributed by atoms with Gasteiger partial charge in [0, 0.05) is 25.7 Å². The molecule has 2 aliphatic rings. The van der Waals surface area contributed by atoms with Crippen molar-refractivity contribution < 1.29 is 19.4 Å². The molecule has 6 nitrogen and oxygen atoms in total. The van der Waals surface area contributed by atoms with Crippen molar-refractivity contribution in [2.45, 2.75) is 13.0 Å². The molecule has 0 aromatic heterocycles. The molecule has 18 heavy (non-hydrogen) atoms. The first-order chi connectivity index (χ1) is 8.52. The van der Waals surface area contributed by atoms with E-state index in [1.807, 2.05) is 0 Å². The Labute approximate surface area is 106 Å². The lowest BCUT2D eigenvalue weighted by atomic mass is 9.99. The van der Waals surface area contributed by atoms with Gasteiger partial charge in [0.15, 0.2) is 0 Å². The predicted octanol–water partition coefficient (Wildman–Crippen LogP) is -0.536. The Hall–Kier alpha value is -1.40. The molecule has 2 saturated heterocycles. The van der Waals surface area contributed by atoms with Crippen molar-refractivity contribution in [3.63, 3.8) is 0 Å². The molecule has 2 unspecified atom stereocenters. The van der Waals surface area contributed by atoms with Crippen LogP contribution in [0.25, 0.3) is 0 Å². The Morgan fingerprint density at radius 2 is 2.06 bits per heavy atom. The molecule has 2 fully saturated rings. The Bertz CT molecular complexity index is 399. The molecule has 0 bridgehead atoms. The van der Waals surface area contributed by atoms with Crippen LogP contribution in [0.1, 0.15) is 6.92 Å². The number of likely N-dealkylation sites (N-methyl/N-ethyl adjacent to an activating group) is 1. The van der Waals surface area contributed by atoms with E-state index in [0.29, 0.717) is 12.2 Å². The number of hydrogen-bond acceptors (Lipinski definition) is 4. The molecule has 2 rings (SSSR count). The number of aliphatic carboxylic acids is 1. The fraction of sp³-hybridized carbons (Fsp3) is 0.667. The van der Waals surface area contributed by atoms with Gasteiger partial charge in [-0.05, 0) is 12.5 Å². The minimum atomic E-state index is -0.909. The van der Waals surface area contributed by atoms with Crippen LogP contribution in [0.3, 0.4) is 0 Å². The SMILES string of the molecule is CC(C(=O)N(C)C1COCC1C(=O)O)=C1CNC1. The number of carbonyl (C=O) groups is 2. The van der Waals surface area contributed by atoms with Crippen LogP contribution in [0.2, 0.25) is 0 Å². The van der Waals surface area contributed by atoms with Gasteiger partial charge in [-0.25, -0.2) is 0 Å². The smallest absolute Gasteiger partial charge is 0.311 e. The number of carboxylic acid groups (broad SMARTS) is 1. The lowest BCUT2D eigenvalue weighted by Gasteiger charge is -2.29. The summed E-state index contributed by atoms with van der Waals surface area (Å²) in [6, 6.07) is -0.376. The van der Waals surface area contributed by atoms with Gasteiger partial charge in [-0.15, -0.1) is 0 Å². The highest BCUT2D eigenvalue weighted by Gasteiger charge is 2.39. The lowest BCUT2D eigenvalue weighted by molar-refractivity contribution is -0.144. The van der Waals surface area contributed by atoms with Crippen molar-refractivity contribution in [1.29, 1.82) is 0 Å². The first-order valence-corrected chi connectivity index (χ1v) is 5.99. The number of nitrogens with one attached hydrogen (secondary N) is 1. The fourth-order valence-corrected chi connectivity index (χ4v) is 2.24. The highest BCUT2D eigenvalue weighted by molar-refractivity contribution is 5.94. The molecule has 0 aromatic carbocycles. The molecule has 100 valence electrons. The number of ether oxygens (including phenoxy) is 1. The van der Waals surface area contributed by atoms with Gasteiger partial charge in [-0.3, -0.25) is 9.59 Å². The molecule has 2 heterocycles. The fourth-order valence-electron chi connectivity index (χ4n) is 2.24. The summed E-state index contributed by atoms with van der Waals surface area (Å²) in [4.78, 5) is 24.8. The number of carboxylic acids is 1. The van der Waals surface area contributed by atoms with Crippen molar-refractivity contribution in [2.75, 3.05) is 33.4 Å². The summed E-state index contributed by atoms with van der Waals surface area (Å²) in [5.74, 6) is -1.64. The molecule has 2 atom stereocenters. The molecule has 0 saturated carbocycles. The maximum absolute atomic E-state index is 12.2. The number of nitrogens with zero attached hydrogens (tertiary/aromatic N) is 1. The van der Waals surface area contributed by atoms with Crippen LogP contribution in [-0.4, -0.2) is 61.3 Å². The van der Waals surface area contributed by atoms with Crippen molar-refractivity contribution in [2.24, 2.45) is 5.92 Å². The number of carbonyl (C=O) groups excluding carboxylic acids is 1. The molecule has 6 heteroatoms. The van der Waals surface area contributed by atoms with Crippen LogP contribution in [0.5, 0.6) is 0 Å². The second kappa shape index (κ2) is 5.07. The monoisotopic (exact) mass is 254 g/mol. The van der Waals surface area contributed by atoms with Crippen LogP contribution in [-0.2, 0) is 14.3 Å². The van der Waals surface area contributed by atoms with Gasteiger partial charge in [0.05, 0.1) is 19.3 Å². The maximum atomic E-state index is 12.2. The standard InChI is InChI=1S/C12H18N2O4/c1-7(8-3-13-4-8)11(15)14(2)10-6-18-5-9(10)12(16)17/h9-10,13H,3-6H2,1-2H3,(H,16,17). The largest absolute Gasteiger partial charge is 0.481 e. The van der Waals surface area contributed by atoms with E-state index < -0.39 is 11.9 Å². The Balaban J connectivity index is 2.08. The van der Waals surface area contributed by atoms with Crippen molar-refractivity contribution in [3.05, 3.63) is 11.1 Å².